The molecule has 1 aromatic rings. The van der Waals surface area contributed by atoms with Crippen molar-refractivity contribution in [3.05, 3.63) is 35.9 Å². The molecule has 1 spiro atoms. The minimum atomic E-state index is -0.741. The Bertz CT molecular complexity index is 752. The van der Waals surface area contributed by atoms with E-state index in [4.69, 9.17) is 14.2 Å². The summed E-state index contributed by atoms with van der Waals surface area (Å²) in [6.07, 6.45) is -0.309. The predicted octanol–water partition coefficient (Wildman–Crippen LogP) is 2.05. The highest BCUT2D eigenvalue weighted by Gasteiger charge is 2.70. The summed E-state index contributed by atoms with van der Waals surface area (Å²) in [5.41, 5.74) is 0.103. The lowest BCUT2D eigenvalue weighted by Crippen LogP contribution is -2.72. The quantitative estimate of drug-likeness (QED) is 0.719. The molecule has 0 radical (unpaired) electrons. The lowest BCUT2D eigenvalue weighted by atomic mass is 9.69. The number of rotatable bonds is 5. The monoisotopic (exact) mass is 388 g/mol. The fourth-order valence-corrected chi connectivity index (χ4v) is 4.78. The number of amides is 1. The fraction of sp³-hybridized carbons (Fsp3) is 0.619. The Labute approximate surface area is 165 Å². The van der Waals surface area contributed by atoms with Gasteiger partial charge in [-0.05, 0) is 26.3 Å². The van der Waals surface area contributed by atoms with E-state index < -0.39 is 5.54 Å². The van der Waals surface area contributed by atoms with Gasteiger partial charge >= 0.3 is 12.1 Å². The molecule has 3 unspecified atom stereocenters. The van der Waals surface area contributed by atoms with Crippen LogP contribution in [0.25, 0.3) is 0 Å². The van der Waals surface area contributed by atoms with Crippen LogP contribution in [-0.2, 0) is 25.6 Å². The van der Waals surface area contributed by atoms with E-state index in [9.17, 15) is 9.59 Å². The topological polar surface area (TPSA) is 68.3 Å². The van der Waals surface area contributed by atoms with E-state index in [0.717, 1.165) is 12.1 Å². The summed E-state index contributed by atoms with van der Waals surface area (Å²) in [7, 11) is 0. The van der Waals surface area contributed by atoms with Gasteiger partial charge in [-0.2, -0.15) is 0 Å². The standard InChI is InChI=1S/C21H28N2O5/c1-4-27-18(24)20(2,3)22-10-16-21(13-22)14-26-12-17(21)23(16)19(25)28-11-15-8-6-5-7-9-15/h5-9,16-17H,4,10-14H2,1-3H3. The summed E-state index contributed by atoms with van der Waals surface area (Å²) in [5, 5.41) is 0. The lowest BCUT2D eigenvalue weighted by molar-refractivity contribution is -0.155. The molecule has 0 bridgehead atoms. The largest absolute Gasteiger partial charge is 0.465 e. The van der Waals surface area contributed by atoms with E-state index in [1.807, 2.05) is 56.0 Å². The molecule has 7 nitrogen and oxygen atoms in total. The third kappa shape index (κ3) is 2.88. The molecule has 1 aromatic carbocycles. The smallest absolute Gasteiger partial charge is 0.410 e. The molecule has 4 rings (SSSR count). The first kappa shape index (κ1) is 19.2. The Hall–Kier alpha value is -2.12. The van der Waals surface area contributed by atoms with E-state index in [1.54, 1.807) is 0 Å². The summed E-state index contributed by atoms with van der Waals surface area (Å²) in [6.45, 7) is 8.65. The van der Waals surface area contributed by atoms with Crippen molar-refractivity contribution < 1.29 is 23.8 Å². The number of hydrogen-bond donors (Lipinski definition) is 0. The number of carbonyl (C=O) groups is 2. The van der Waals surface area contributed by atoms with Gasteiger partial charge in [0, 0.05) is 13.1 Å². The number of nitrogens with zero attached hydrogens (tertiary/aromatic N) is 2. The van der Waals surface area contributed by atoms with Crippen molar-refractivity contribution in [2.75, 3.05) is 32.9 Å². The average Bonchev–Trinajstić information content (AvgIpc) is 3.20. The van der Waals surface area contributed by atoms with E-state index in [1.165, 1.54) is 0 Å². The Morgan fingerprint density at radius 2 is 1.96 bits per heavy atom. The van der Waals surface area contributed by atoms with Gasteiger partial charge < -0.3 is 14.2 Å². The number of hydrogen-bond acceptors (Lipinski definition) is 6. The lowest BCUT2D eigenvalue weighted by Gasteiger charge is -2.54. The summed E-state index contributed by atoms with van der Waals surface area (Å²) >= 11 is 0. The van der Waals surface area contributed by atoms with Crippen LogP contribution in [0.3, 0.4) is 0 Å². The zero-order chi connectivity index (χ0) is 19.9. The van der Waals surface area contributed by atoms with Crippen molar-refractivity contribution in [2.24, 2.45) is 5.41 Å². The van der Waals surface area contributed by atoms with Gasteiger partial charge in [0.2, 0.25) is 0 Å². The Kier molecular flexibility index (Phi) is 4.83. The predicted molar refractivity (Wildman–Crippen MR) is 102 cm³/mol. The molecule has 0 aliphatic carbocycles. The second-order valence-electron chi connectivity index (χ2n) is 8.39. The second kappa shape index (κ2) is 7.04. The van der Waals surface area contributed by atoms with Crippen LogP contribution in [0, 0.1) is 5.41 Å². The molecule has 28 heavy (non-hydrogen) atoms. The zero-order valence-corrected chi connectivity index (χ0v) is 16.7. The second-order valence-corrected chi connectivity index (χ2v) is 8.39. The van der Waals surface area contributed by atoms with Crippen molar-refractivity contribution in [3.8, 4) is 0 Å². The molecule has 3 saturated heterocycles. The third-order valence-corrected chi connectivity index (χ3v) is 6.51. The van der Waals surface area contributed by atoms with Crippen LogP contribution in [0.5, 0.6) is 0 Å². The zero-order valence-electron chi connectivity index (χ0n) is 16.7. The molecule has 0 N–H and O–H groups in total. The van der Waals surface area contributed by atoms with Crippen LogP contribution in [0.15, 0.2) is 30.3 Å². The maximum absolute atomic E-state index is 12.8. The van der Waals surface area contributed by atoms with Gasteiger partial charge in [-0.25, -0.2) is 4.79 Å². The highest BCUT2D eigenvalue weighted by atomic mass is 16.6. The highest BCUT2D eigenvalue weighted by Crippen LogP contribution is 2.54. The van der Waals surface area contributed by atoms with Gasteiger partial charge in [0.15, 0.2) is 0 Å². The van der Waals surface area contributed by atoms with E-state index >= 15 is 0 Å². The van der Waals surface area contributed by atoms with Gasteiger partial charge in [0.1, 0.15) is 12.1 Å². The highest BCUT2D eigenvalue weighted by molar-refractivity contribution is 5.80. The van der Waals surface area contributed by atoms with Gasteiger partial charge in [0.05, 0.1) is 37.3 Å². The molecular weight excluding hydrogens is 360 g/mol. The molecule has 3 aliphatic heterocycles. The molecule has 3 heterocycles. The van der Waals surface area contributed by atoms with Crippen molar-refractivity contribution in [2.45, 2.75) is 45.0 Å². The summed E-state index contributed by atoms with van der Waals surface area (Å²) < 4.78 is 16.6. The van der Waals surface area contributed by atoms with Gasteiger partial charge in [-0.3, -0.25) is 14.6 Å². The average molecular weight is 388 g/mol. The minimum Gasteiger partial charge on any atom is -0.465 e. The third-order valence-electron chi connectivity index (χ3n) is 6.51. The first-order chi connectivity index (χ1) is 13.4. The molecule has 0 saturated carbocycles. The number of likely N-dealkylation sites (tertiary alicyclic amines) is 2. The van der Waals surface area contributed by atoms with Crippen molar-refractivity contribution in [1.29, 1.82) is 0 Å². The van der Waals surface area contributed by atoms with Crippen LogP contribution in [0.2, 0.25) is 0 Å². The van der Waals surface area contributed by atoms with Crippen molar-refractivity contribution >= 4 is 12.1 Å². The number of esters is 1. The molecule has 1 amide bonds. The Morgan fingerprint density at radius 1 is 1.21 bits per heavy atom. The number of benzene rings is 1. The Morgan fingerprint density at radius 3 is 2.68 bits per heavy atom. The Balaban J connectivity index is 1.46. The first-order valence-electron chi connectivity index (χ1n) is 9.89. The normalized spacial score (nSPS) is 29.0. The summed E-state index contributed by atoms with van der Waals surface area (Å²) in [5.74, 6) is -0.235. The first-order valence-corrected chi connectivity index (χ1v) is 9.89. The van der Waals surface area contributed by atoms with Crippen molar-refractivity contribution in [3.63, 3.8) is 0 Å². The van der Waals surface area contributed by atoms with E-state index in [-0.39, 0.29) is 36.2 Å². The number of carbonyl (C=O) groups excluding carboxylic acids is 2. The van der Waals surface area contributed by atoms with Crippen LogP contribution in [0.1, 0.15) is 26.3 Å². The van der Waals surface area contributed by atoms with Crippen LogP contribution >= 0.6 is 0 Å². The van der Waals surface area contributed by atoms with Gasteiger partial charge in [-0.15, -0.1) is 0 Å². The van der Waals surface area contributed by atoms with E-state index in [0.29, 0.717) is 26.4 Å². The van der Waals surface area contributed by atoms with Crippen LogP contribution in [0.4, 0.5) is 4.79 Å². The molecule has 0 aromatic heterocycles. The van der Waals surface area contributed by atoms with Crippen LogP contribution in [-0.4, -0.2) is 72.4 Å². The molecule has 3 fully saturated rings. The van der Waals surface area contributed by atoms with Crippen molar-refractivity contribution in [1.82, 2.24) is 9.80 Å². The molecule has 7 heteroatoms. The number of ether oxygens (including phenoxy) is 3. The van der Waals surface area contributed by atoms with Gasteiger partial charge in [0.25, 0.3) is 0 Å². The summed E-state index contributed by atoms with van der Waals surface area (Å²) in [4.78, 5) is 29.2. The summed E-state index contributed by atoms with van der Waals surface area (Å²) in [6, 6.07) is 9.66. The molecular formula is C21H28N2O5. The van der Waals surface area contributed by atoms with Gasteiger partial charge in [-0.1, -0.05) is 30.3 Å². The molecule has 3 atom stereocenters. The minimum absolute atomic E-state index is 0.00280. The molecule has 3 aliphatic rings. The molecule has 152 valence electrons. The van der Waals surface area contributed by atoms with E-state index in [2.05, 4.69) is 4.90 Å². The SMILES string of the molecule is CCOC(=O)C(C)(C)N1CC2N(C(=O)OCc3ccccc3)C3COCC32C1. The maximum atomic E-state index is 12.8. The van der Waals surface area contributed by atoms with Crippen LogP contribution < -0.4 is 0 Å². The fourth-order valence-electron chi connectivity index (χ4n) is 4.78. The maximum Gasteiger partial charge on any atom is 0.410 e.